The summed E-state index contributed by atoms with van der Waals surface area (Å²) in [6.45, 7) is 9.79. The quantitative estimate of drug-likeness (QED) is 0.894. The summed E-state index contributed by atoms with van der Waals surface area (Å²) in [5.41, 5.74) is 0.832. The van der Waals surface area contributed by atoms with Crippen molar-refractivity contribution in [2.24, 2.45) is 16.7 Å². The van der Waals surface area contributed by atoms with Gasteiger partial charge in [-0.2, -0.15) is 4.98 Å². The first-order valence-electron chi connectivity index (χ1n) is 6.94. The molecule has 4 nitrogen and oxygen atoms in total. The fraction of sp³-hybridized carbons (Fsp3) is 0.857. The number of nitrogens with zero attached hydrogens (tertiary/aromatic N) is 2. The number of aryl methyl sites for hydroxylation is 1. The Hall–Kier alpha value is -0.900. The molecule has 0 spiro atoms. The molecule has 1 heterocycles. The standard InChI is InChI=1S/C14H23N3O/c1-9-16-11(17-18-9)8-15-12-13(2,3)10-5-6-14(12,4)7-10/h10,12,15H,5-8H2,1-4H3. The second kappa shape index (κ2) is 3.80. The average molecular weight is 249 g/mol. The van der Waals surface area contributed by atoms with Crippen LogP contribution >= 0.6 is 0 Å². The van der Waals surface area contributed by atoms with E-state index in [1.807, 2.05) is 6.92 Å². The van der Waals surface area contributed by atoms with Gasteiger partial charge in [0.05, 0.1) is 6.54 Å². The Morgan fingerprint density at radius 2 is 2.17 bits per heavy atom. The summed E-state index contributed by atoms with van der Waals surface area (Å²) >= 11 is 0. The number of aromatic nitrogens is 2. The SMILES string of the molecule is Cc1nc(CNC2C3(C)CCC(C3)C2(C)C)no1. The third-order valence-electron chi connectivity index (χ3n) is 5.30. The van der Waals surface area contributed by atoms with Gasteiger partial charge < -0.3 is 9.84 Å². The van der Waals surface area contributed by atoms with Crippen molar-refractivity contribution in [1.82, 2.24) is 15.5 Å². The van der Waals surface area contributed by atoms with Crippen molar-refractivity contribution in [3.05, 3.63) is 11.7 Å². The lowest BCUT2D eigenvalue weighted by Crippen LogP contribution is -2.50. The highest BCUT2D eigenvalue weighted by atomic mass is 16.5. The van der Waals surface area contributed by atoms with Crippen LogP contribution in [0.25, 0.3) is 0 Å². The number of nitrogens with one attached hydrogen (secondary N) is 1. The zero-order valence-corrected chi connectivity index (χ0v) is 11.8. The Bertz CT molecular complexity index is 449. The predicted octanol–water partition coefficient (Wildman–Crippen LogP) is 2.68. The molecule has 0 amide bonds. The highest BCUT2D eigenvalue weighted by Crippen LogP contribution is 2.62. The van der Waals surface area contributed by atoms with E-state index in [1.165, 1.54) is 19.3 Å². The summed E-state index contributed by atoms with van der Waals surface area (Å²) in [5.74, 6) is 2.28. The van der Waals surface area contributed by atoms with E-state index in [9.17, 15) is 0 Å². The molecule has 2 aliphatic carbocycles. The highest BCUT2D eigenvalue weighted by Gasteiger charge is 2.58. The minimum absolute atomic E-state index is 0.381. The predicted molar refractivity (Wildman–Crippen MR) is 68.9 cm³/mol. The van der Waals surface area contributed by atoms with Crippen LogP contribution in [0.5, 0.6) is 0 Å². The second-order valence-electron chi connectivity index (χ2n) is 6.96. The number of hydrogen-bond acceptors (Lipinski definition) is 4. The van der Waals surface area contributed by atoms with E-state index in [0.717, 1.165) is 11.7 Å². The molecule has 0 radical (unpaired) electrons. The largest absolute Gasteiger partial charge is 0.340 e. The van der Waals surface area contributed by atoms with Crippen molar-refractivity contribution in [3.8, 4) is 0 Å². The zero-order valence-electron chi connectivity index (χ0n) is 11.8. The van der Waals surface area contributed by atoms with E-state index >= 15 is 0 Å². The normalized spacial score (nSPS) is 37.3. The molecule has 2 saturated carbocycles. The second-order valence-corrected chi connectivity index (χ2v) is 6.96. The minimum atomic E-state index is 0.381. The van der Waals surface area contributed by atoms with Gasteiger partial charge in [-0.05, 0) is 36.0 Å². The Balaban J connectivity index is 1.72. The number of fused-ring (bicyclic) bond motifs is 2. The molecule has 3 unspecified atom stereocenters. The van der Waals surface area contributed by atoms with Gasteiger partial charge in [0.25, 0.3) is 0 Å². The van der Waals surface area contributed by atoms with Crippen molar-refractivity contribution in [2.45, 2.75) is 59.5 Å². The van der Waals surface area contributed by atoms with Crippen molar-refractivity contribution in [3.63, 3.8) is 0 Å². The third-order valence-corrected chi connectivity index (χ3v) is 5.30. The molecule has 2 fully saturated rings. The fourth-order valence-electron chi connectivity index (χ4n) is 4.42. The van der Waals surface area contributed by atoms with Crippen LogP contribution in [0.3, 0.4) is 0 Å². The molecule has 0 saturated heterocycles. The van der Waals surface area contributed by atoms with Crippen LogP contribution in [0.1, 0.15) is 51.7 Å². The van der Waals surface area contributed by atoms with Crippen LogP contribution in [0.15, 0.2) is 4.52 Å². The van der Waals surface area contributed by atoms with Crippen LogP contribution in [-0.2, 0) is 6.54 Å². The summed E-state index contributed by atoms with van der Waals surface area (Å²) in [7, 11) is 0. The molecular weight excluding hydrogens is 226 g/mol. The van der Waals surface area contributed by atoms with Crippen LogP contribution in [0.2, 0.25) is 0 Å². The van der Waals surface area contributed by atoms with Gasteiger partial charge in [-0.15, -0.1) is 0 Å². The number of hydrogen-bond donors (Lipinski definition) is 1. The lowest BCUT2D eigenvalue weighted by atomic mass is 9.68. The lowest BCUT2D eigenvalue weighted by Gasteiger charge is -2.43. The van der Waals surface area contributed by atoms with Gasteiger partial charge in [0.15, 0.2) is 5.82 Å². The molecule has 3 atom stereocenters. The summed E-state index contributed by atoms with van der Waals surface area (Å²) in [6.07, 6.45) is 4.11. The maximum Gasteiger partial charge on any atom is 0.223 e. The Kier molecular flexibility index (Phi) is 2.56. The van der Waals surface area contributed by atoms with Crippen molar-refractivity contribution >= 4 is 0 Å². The van der Waals surface area contributed by atoms with Crippen LogP contribution < -0.4 is 5.32 Å². The molecule has 1 aromatic heterocycles. The Morgan fingerprint density at radius 1 is 1.39 bits per heavy atom. The van der Waals surface area contributed by atoms with Crippen LogP contribution in [0.4, 0.5) is 0 Å². The Labute approximate surface area is 109 Å². The Morgan fingerprint density at radius 3 is 2.72 bits per heavy atom. The molecule has 1 N–H and O–H groups in total. The fourth-order valence-corrected chi connectivity index (χ4v) is 4.42. The van der Waals surface area contributed by atoms with Crippen LogP contribution in [-0.4, -0.2) is 16.2 Å². The van der Waals surface area contributed by atoms with Crippen molar-refractivity contribution in [1.29, 1.82) is 0 Å². The van der Waals surface area contributed by atoms with E-state index < -0.39 is 0 Å². The smallest absolute Gasteiger partial charge is 0.223 e. The molecule has 2 aliphatic rings. The third kappa shape index (κ3) is 1.69. The highest BCUT2D eigenvalue weighted by molar-refractivity contribution is 5.12. The van der Waals surface area contributed by atoms with Crippen LogP contribution in [0, 0.1) is 23.7 Å². The molecule has 4 heteroatoms. The van der Waals surface area contributed by atoms with E-state index in [2.05, 4.69) is 36.2 Å². The first kappa shape index (κ1) is 12.2. The van der Waals surface area contributed by atoms with Gasteiger partial charge in [0.2, 0.25) is 5.89 Å². The molecule has 3 rings (SSSR count). The molecule has 100 valence electrons. The van der Waals surface area contributed by atoms with E-state index in [-0.39, 0.29) is 0 Å². The maximum atomic E-state index is 5.02. The zero-order chi connectivity index (χ0) is 13.0. The molecule has 1 aromatic rings. The first-order chi connectivity index (χ1) is 8.42. The monoisotopic (exact) mass is 249 g/mol. The molecule has 0 aliphatic heterocycles. The summed E-state index contributed by atoms with van der Waals surface area (Å²) in [5, 5.41) is 7.65. The van der Waals surface area contributed by atoms with E-state index in [1.54, 1.807) is 0 Å². The minimum Gasteiger partial charge on any atom is -0.340 e. The number of rotatable bonds is 3. The molecule has 0 aromatic carbocycles. The van der Waals surface area contributed by atoms with Gasteiger partial charge in [-0.25, -0.2) is 0 Å². The maximum absolute atomic E-state index is 5.02. The van der Waals surface area contributed by atoms with Crippen molar-refractivity contribution < 1.29 is 4.52 Å². The average Bonchev–Trinajstić information content (AvgIpc) is 2.89. The van der Waals surface area contributed by atoms with E-state index in [0.29, 0.717) is 29.3 Å². The summed E-state index contributed by atoms with van der Waals surface area (Å²) in [6, 6.07) is 0.558. The van der Waals surface area contributed by atoms with Gasteiger partial charge in [0, 0.05) is 13.0 Å². The molecular formula is C14H23N3O. The molecule has 2 bridgehead atoms. The van der Waals surface area contributed by atoms with Gasteiger partial charge in [-0.1, -0.05) is 25.9 Å². The van der Waals surface area contributed by atoms with Gasteiger partial charge in [-0.3, -0.25) is 0 Å². The molecule has 18 heavy (non-hydrogen) atoms. The van der Waals surface area contributed by atoms with E-state index in [4.69, 9.17) is 4.52 Å². The lowest BCUT2D eigenvalue weighted by molar-refractivity contribution is 0.107. The topological polar surface area (TPSA) is 51.0 Å². The van der Waals surface area contributed by atoms with Gasteiger partial charge >= 0.3 is 0 Å². The van der Waals surface area contributed by atoms with Gasteiger partial charge in [0.1, 0.15) is 0 Å². The summed E-state index contributed by atoms with van der Waals surface area (Å²) in [4.78, 5) is 4.26. The first-order valence-corrected chi connectivity index (χ1v) is 6.94. The van der Waals surface area contributed by atoms with Crippen molar-refractivity contribution in [2.75, 3.05) is 0 Å². The summed E-state index contributed by atoms with van der Waals surface area (Å²) < 4.78 is 5.02.